The Morgan fingerprint density at radius 2 is 2.03 bits per heavy atom. The topological polar surface area (TPSA) is 109 Å². The van der Waals surface area contributed by atoms with Gasteiger partial charge in [-0.25, -0.2) is 4.79 Å². The van der Waals surface area contributed by atoms with Crippen LogP contribution in [0, 0.1) is 17.2 Å². The summed E-state index contributed by atoms with van der Waals surface area (Å²) in [5.41, 5.74) is 3.93. The summed E-state index contributed by atoms with van der Waals surface area (Å²) in [5, 5.41) is 19.5. The monoisotopic (exact) mass is 435 g/mol. The highest BCUT2D eigenvalue weighted by Crippen LogP contribution is 2.26. The van der Waals surface area contributed by atoms with Crippen molar-refractivity contribution in [1.29, 1.82) is 5.26 Å². The molecule has 8 heteroatoms. The van der Waals surface area contributed by atoms with Crippen LogP contribution < -0.4 is 10.6 Å². The van der Waals surface area contributed by atoms with E-state index in [1.165, 1.54) is 5.56 Å². The summed E-state index contributed by atoms with van der Waals surface area (Å²) < 4.78 is 7.20. The van der Waals surface area contributed by atoms with Crippen molar-refractivity contribution in [2.24, 2.45) is 5.92 Å². The molecule has 2 amide bonds. The number of carbonyl (C=O) groups is 2. The fraction of sp³-hybridized carbons (Fsp3) is 0.500. The lowest BCUT2D eigenvalue weighted by molar-refractivity contribution is 0.0516. The zero-order chi connectivity index (χ0) is 22.9. The van der Waals surface area contributed by atoms with E-state index in [9.17, 15) is 9.59 Å². The van der Waals surface area contributed by atoms with Gasteiger partial charge in [0.05, 0.1) is 29.1 Å². The van der Waals surface area contributed by atoms with E-state index in [1.54, 1.807) is 6.20 Å². The number of ether oxygens (including phenoxy) is 1. The lowest BCUT2D eigenvalue weighted by Crippen LogP contribution is -2.38. The summed E-state index contributed by atoms with van der Waals surface area (Å²) in [4.78, 5) is 25.0. The van der Waals surface area contributed by atoms with Crippen LogP contribution in [0.15, 0.2) is 24.4 Å². The number of aromatic nitrogens is 2. The first kappa shape index (κ1) is 21.9. The van der Waals surface area contributed by atoms with Crippen molar-refractivity contribution < 1.29 is 14.3 Å². The number of carbonyl (C=O) groups excluding carboxylic acids is 2. The molecule has 1 aromatic carbocycles. The summed E-state index contributed by atoms with van der Waals surface area (Å²) in [7, 11) is 0. The second-order valence-electron chi connectivity index (χ2n) is 9.64. The van der Waals surface area contributed by atoms with Gasteiger partial charge < -0.3 is 15.4 Å². The van der Waals surface area contributed by atoms with Crippen LogP contribution in [0.25, 0.3) is 0 Å². The number of benzene rings is 1. The summed E-state index contributed by atoms with van der Waals surface area (Å²) in [5.74, 6) is 0.101. The largest absolute Gasteiger partial charge is 0.444 e. The maximum atomic E-state index is 13.0. The number of rotatable bonds is 4. The number of nitrogens with one attached hydrogen (secondary N) is 2. The third kappa shape index (κ3) is 4.93. The van der Waals surface area contributed by atoms with Crippen molar-refractivity contribution in [3.63, 3.8) is 0 Å². The molecule has 0 saturated heterocycles. The van der Waals surface area contributed by atoms with Gasteiger partial charge in [0.15, 0.2) is 0 Å². The number of hydrogen-bond donors (Lipinski definition) is 2. The maximum absolute atomic E-state index is 13.0. The predicted octanol–water partition coefficient (Wildman–Crippen LogP) is 2.74. The van der Waals surface area contributed by atoms with Gasteiger partial charge >= 0.3 is 6.09 Å². The van der Waals surface area contributed by atoms with Crippen LogP contribution in [0.4, 0.5) is 4.79 Å². The average Bonchev–Trinajstić information content (AvgIpc) is 3.33. The molecule has 0 fully saturated rings. The number of aryl methyl sites for hydroxylation is 1. The second kappa shape index (κ2) is 8.65. The molecule has 4 rings (SSSR count). The molecule has 2 aliphatic rings. The summed E-state index contributed by atoms with van der Waals surface area (Å²) in [6.45, 7) is 6.72. The van der Waals surface area contributed by atoms with Crippen molar-refractivity contribution in [2.75, 3.05) is 6.54 Å². The van der Waals surface area contributed by atoms with E-state index in [-0.39, 0.29) is 17.9 Å². The number of nitriles is 1. The molecule has 0 spiro atoms. The van der Waals surface area contributed by atoms with Gasteiger partial charge in [0.2, 0.25) is 0 Å². The fourth-order valence-corrected chi connectivity index (χ4v) is 4.46. The Labute approximate surface area is 187 Å². The Bertz CT molecular complexity index is 1080. The van der Waals surface area contributed by atoms with Gasteiger partial charge in [-0.15, -0.1) is 0 Å². The van der Waals surface area contributed by atoms with Gasteiger partial charge in [0.25, 0.3) is 5.91 Å². The molecule has 8 nitrogen and oxygen atoms in total. The number of fused-ring (bicyclic) bond motifs is 2. The van der Waals surface area contributed by atoms with Gasteiger partial charge in [0.1, 0.15) is 5.60 Å². The minimum atomic E-state index is -0.531. The quantitative estimate of drug-likeness (QED) is 0.768. The van der Waals surface area contributed by atoms with Crippen LogP contribution in [-0.2, 0) is 30.5 Å². The van der Waals surface area contributed by atoms with Gasteiger partial charge in [-0.1, -0.05) is 6.07 Å². The van der Waals surface area contributed by atoms with E-state index >= 15 is 0 Å². The summed E-state index contributed by atoms with van der Waals surface area (Å²) in [6, 6.07) is 7.88. The minimum absolute atomic E-state index is 0.00946. The summed E-state index contributed by atoms with van der Waals surface area (Å²) >= 11 is 0. The van der Waals surface area contributed by atoms with Gasteiger partial charge in [-0.2, -0.15) is 10.4 Å². The first-order valence-corrected chi connectivity index (χ1v) is 11.1. The first-order chi connectivity index (χ1) is 15.2. The van der Waals surface area contributed by atoms with Gasteiger partial charge in [0, 0.05) is 19.1 Å². The lowest BCUT2D eigenvalue weighted by atomic mass is 9.94. The Kier molecular flexibility index (Phi) is 5.92. The smallest absolute Gasteiger partial charge is 0.407 e. The molecule has 2 aromatic rings. The van der Waals surface area contributed by atoms with E-state index < -0.39 is 11.7 Å². The van der Waals surface area contributed by atoms with E-state index in [1.807, 2.05) is 43.7 Å². The van der Waals surface area contributed by atoms with Crippen molar-refractivity contribution in [1.82, 2.24) is 20.4 Å². The maximum Gasteiger partial charge on any atom is 0.407 e. The highest BCUT2D eigenvalue weighted by Gasteiger charge is 2.29. The number of nitrogens with zero attached hydrogens (tertiary/aromatic N) is 3. The standard InChI is InChI=1S/C24H29N5O3/c1-24(2,3)32-23(31)26-13-16-6-7-29-21(9-16)20(14-27-29)22(30)28-19-10-17-5-4-15(12-25)8-18(17)11-19/h4-5,8,14,16,19H,6-7,9-11,13H2,1-3H3,(H,26,31)(H,28,30). The molecular formula is C24H29N5O3. The first-order valence-electron chi connectivity index (χ1n) is 11.1. The van der Waals surface area contributed by atoms with E-state index in [4.69, 9.17) is 10.00 Å². The second-order valence-corrected chi connectivity index (χ2v) is 9.64. The Balaban J connectivity index is 1.36. The Morgan fingerprint density at radius 3 is 2.78 bits per heavy atom. The van der Waals surface area contributed by atoms with Crippen LogP contribution in [0.2, 0.25) is 0 Å². The fourth-order valence-electron chi connectivity index (χ4n) is 4.46. The molecule has 1 aromatic heterocycles. The zero-order valence-electron chi connectivity index (χ0n) is 18.8. The highest BCUT2D eigenvalue weighted by atomic mass is 16.6. The highest BCUT2D eigenvalue weighted by molar-refractivity contribution is 5.95. The van der Waals surface area contributed by atoms with Crippen LogP contribution in [0.3, 0.4) is 0 Å². The molecule has 2 atom stereocenters. The molecule has 0 bridgehead atoms. The molecule has 1 aliphatic carbocycles. The van der Waals surface area contributed by atoms with E-state index in [2.05, 4.69) is 21.8 Å². The van der Waals surface area contributed by atoms with Crippen LogP contribution in [0.5, 0.6) is 0 Å². The predicted molar refractivity (Wildman–Crippen MR) is 118 cm³/mol. The molecule has 2 heterocycles. The van der Waals surface area contributed by atoms with Gasteiger partial charge in [-0.3, -0.25) is 9.48 Å². The summed E-state index contributed by atoms with van der Waals surface area (Å²) in [6.07, 6.45) is 4.26. The van der Waals surface area contributed by atoms with Crippen molar-refractivity contribution in [3.8, 4) is 6.07 Å². The van der Waals surface area contributed by atoms with E-state index in [0.29, 0.717) is 24.1 Å². The van der Waals surface area contributed by atoms with Crippen molar-refractivity contribution >= 4 is 12.0 Å². The Morgan fingerprint density at radius 1 is 1.25 bits per heavy atom. The third-order valence-corrected chi connectivity index (χ3v) is 5.96. The van der Waals surface area contributed by atoms with Crippen molar-refractivity contribution in [3.05, 3.63) is 52.3 Å². The molecular weight excluding hydrogens is 406 g/mol. The zero-order valence-corrected chi connectivity index (χ0v) is 18.8. The average molecular weight is 436 g/mol. The molecule has 1 aliphatic heterocycles. The molecule has 2 N–H and O–H groups in total. The van der Waals surface area contributed by atoms with Gasteiger partial charge in [-0.05, 0) is 75.6 Å². The minimum Gasteiger partial charge on any atom is -0.444 e. The van der Waals surface area contributed by atoms with Crippen molar-refractivity contribution in [2.45, 2.75) is 64.6 Å². The SMILES string of the molecule is CC(C)(C)OC(=O)NCC1CCn2ncc(C(=O)NC3Cc4ccc(C#N)cc4C3)c2C1. The normalized spacial score (nSPS) is 19.4. The third-order valence-electron chi connectivity index (χ3n) is 5.96. The molecule has 0 saturated carbocycles. The van der Waals surface area contributed by atoms with Crippen LogP contribution in [-0.4, -0.2) is 40.0 Å². The molecule has 32 heavy (non-hydrogen) atoms. The lowest BCUT2D eigenvalue weighted by Gasteiger charge is -2.25. The number of hydrogen-bond acceptors (Lipinski definition) is 5. The van der Waals surface area contributed by atoms with Crippen LogP contribution in [0.1, 0.15) is 59.9 Å². The van der Waals surface area contributed by atoms with E-state index in [0.717, 1.165) is 37.1 Å². The number of alkyl carbamates (subject to hydrolysis) is 1. The molecule has 0 radical (unpaired) electrons. The number of amides is 2. The van der Waals surface area contributed by atoms with Crippen LogP contribution >= 0.6 is 0 Å². The Hall–Kier alpha value is -3.34. The molecule has 168 valence electrons. The molecule has 2 unspecified atom stereocenters.